The molecule has 3 rings (SSSR count). The number of pyridine rings is 1. The fourth-order valence-electron chi connectivity index (χ4n) is 2.53. The molecule has 2 aromatic rings. The van der Waals surface area contributed by atoms with Crippen LogP contribution in [0.3, 0.4) is 0 Å². The Morgan fingerprint density at radius 2 is 2.21 bits per heavy atom. The smallest absolute Gasteiger partial charge is 0.277 e. The maximum Gasteiger partial charge on any atom is 0.277 e. The number of amides is 1. The second-order valence-electron chi connectivity index (χ2n) is 6.51. The molecule has 1 aliphatic rings. The van der Waals surface area contributed by atoms with Crippen molar-refractivity contribution in [1.29, 1.82) is 0 Å². The van der Waals surface area contributed by atoms with Gasteiger partial charge in [0.05, 0.1) is 29.7 Å². The molecular formula is C16H20F2N4O2. The fraction of sp³-hybridized carbons (Fsp3) is 0.562. The molecule has 0 saturated heterocycles. The van der Waals surface area contributed by atoms with Crippen molar-refractivity contribution in [2.24, 2.45) is 5.73 Å². The van der Waals surface area contributed by atoms with Gasteiger partial charge < -0.3 is 15.6 Å². The van der Waals surface area contributed by atoms with E-state index in [0.29, 0.717) is 17.0 Å². The van der Waals surface area contributed by atoms with E-state index < -0.39 is 24.9 Å². The zero-order valence-electron chi connectivity index (χ0n) is 13.6. The van der Waals surface area contributed by atoms with Gasteiger partial charge in [-0.05, 0) is 24.8 Å². The number of nitrogens with zero attached hydrogens (tertiary/aromatic N) is 2. The van der Waals surface area contributed by atoms with Crippen molar-refractivity contribution >= 4 is 17.0 Å². The first-order chi connectivity index (χ1) is 11.3. The summed E-state index contributed by atoms with van der Waals surface area (Å²) in [4.78, 5) is 16.9. The van der Waals surface area contributed by atoms with Crippen LogP contribution < -0.4 is 11.1 Å². The van der Waals surface area contributed by atoms with Crippen molar-refractivity contribution in [3.8, 4) is 0 Å². The van der Waals surface area contributed by atoms with Crippen molar-refractivity contribution in [2.75, 3.05) is 13.1 Å². The van der Waals surface area contributed by atoms with E-state index in [9.17, 15) is 13.6 Å². The predicted octanol–water partition coefficient (Wildman–Crippen LogP) is 2.55. The lowest BCUT2D eigenvalue weighted by Crippen LogP contribution is -2.41. The van der Waals surface area contributed by atoms with Gasteiger partial charge in [-0.3, -0.25) is 4.79 Å². The standard InChI is InChI=1S/C16H20F2N4O2/c1-8(2)13-12-10(14(23)20-7-16(17,18)6-19)5-11(9-3-4-9)21-15(12)24-22-13/h5,8-9H,3-4,6-7,19H2,1-2H3,(H,20,23). The third-order valence-electron chi connectivity index (χ3n) is 4.09. The first-order valence-electron chi connectivity index (χ1n) is 7.98. The topological polar surface area (TPSA) is 94.0 Å². The largest absolute Gasteiger partial charge is 0.346 e. The Balaban J connectivity index is 2.00. The lowest BCUT2D eigenvalue weighted by atomic mass is 10.0. The van der Waals surface area contributed by atoms with Crippen molar-refractivity contribution in [1.82, 2.24) is 15.5 Å². The molecule has 0 aliphatic heterocycles. The van der Waals surface area contributed by atoms with Crippen LogP contribution in [0.15, 0.2) is 10.6 Å². The van der Waals surface area contributed by atoms with Crippen molar-refractivity contribution in [3.63, 3.8) is 0 Å². The number of hydrogen-bond acceptors (Lipinski definition) is 5. The molecule has 6 nitrogen and oxygen atoms in total. The van der Waals surface area contributed by atoms with Crippen molar-refractivity contribution < 1.29 is 18.1 Å². The summed E-state index contributed by atoms with van der Waals surface area (Å²) in [6, 6.07) is 1.67. The quantitative estimate of drug-likeness (QED) is 0.844. The van der Waals surface area contributed by atoms with Gasteiger partial charge in [-0.25, -0.2) is 13.8 Å². The first kappa shape index (κ1) is 16.8. The molecular weight excluding hydrogens is 318 g/mol. The van der Waals surface area contributed by atoms with Gasteiger partial charge in [0.15, 0.2) is 0 Å². The predicted molar refractivity (Wildman–Crippen MR) is 84.2 cm³/mol. The number of hydrogen-bond donors (Lipinski definition) is 2. The molecule has 1 fully saturated rings. The average Bonchev–Trinajstić information content (AvgIpc) is 3.30. The van der Waals surface area contributed by atoms with E-state index in [1.54, 1.807) is 6.07 Å². The summed E-state index contributed by atoms with van der Waals surface area (Å²) < 4.78 is 31.9. The van der Waals surface area contributed by atoms with Crippen LogP contribution in [0.2, 0.25) is 0 Å². The second kappa shape index (κ2) is 6.08. The molecule has 1 saturated carbocycles. The van der Waals surface area contributed by atoms with E-state index >= 15 is 0 Å². The summed E-state index contributed by atoms with van der Waals surface area (Å²) in [5.41, 5.74) is 6.89. The van der Waals surface area contributed by atoms with Gasteiger partial charge in [0.1, 0.15) is 0 Å². The number of halogens is 2. The Morgan fingerprint density at radius 3 is 2.79 bits per heavy atom. The van der Waals surface area contributed by atoms with Crippen LogP contribution in [0, 0.1) is 0 Å². The molecule has 1 amide bonds. The highest BCUT2D eigenvalue weighted by Gasteiger charge is 2.31. The lowest BCUT2D eigenvalue weighted by Gasteiger charge is -2.15. The average molecular weight is 338 g/mol. The minimum Gasteiger partial charge on any atom is -0.346 e. The SMILES string of the molecule is CC(C)c1noc2nc(C3CC3)cc(C(=O)NCC(F)(F)CN)c12. The molecule has 0 aromatic carbocycles. The number of nitrogens with one attached hydrogen (secondary N) is 1. The number of fused-ring (bicyclic) bond motifs is 1. The normalized spacial score (nSPS) is 15.2. The van der Waals surface area contributed by atoms with Gasteiger partial charge in [0, 0.05) is 11.6 Å². The molecule has 8 heteroatoms. The van der Waals surface area contributed by atoms with Gasteiger partial charge >= 0.3 is 0 Å². The minimum atomic E-state index is -3.14. The fourth-order valence-corrected chi connectivity index (χ4v) is 2.53. The number of carbonyl (C=O) groups is 1. The van der Waals surface area contributed by atoms with Gasteiger partial charge in [-0.2, -0.15) is 0 Å². The number of rotatable bonds is 6. The van der Waals surface area contributed by atoms with Crippen LogP contribution in [0.4, 0.5) is 8.78 Å². The monoisotopic (exact) mass is 338 g/mol. The van der Waals surface area contributed by atoms with E-state index in [1.807, 2.05) is 13.8 Å². The first-order valence-corrected chi connectivity index (χ1v) is 7.98. The third-order valence-corrected chi connectivity index (χ3v) is 4.09. The lowest BCUT2D eigenvalue weighted by molar-refractivity contribution is 0.0119. The summed E-state index contributed by atoms with van der Waals surface area (Å²) in [5, 5.41) is 6.75. The van der Waals surface area contributed by atoms with Crippen LogP contribution in [0.25, 0.3) is 11.1 Å². The summed E-state index contributed by atoms with van der Waals surface area (Å²) in [6.07, 6.45) is 1.99. The molecule has 0 atom stereocenters. The number of aromatic nitrogens is 2. The molecule has 0 bridgehead atoms. The van der Waals surface area contributed by atoms with Crippen LogP contribution in [-0.4, -0.2) is 35.1 Å². The van der Waals surface area contributed by atoms with Crippen molar-refractivity contribution in [3.05, 3.63) is 23.0 Å². The molecule has 0 unspecified atom stereocenters. The maximum absolute atomic E-state index is 13.3. The highest BCUT2D eigenvalue weighted by atomic mass is 19.3. The second-order valence-corrected chi connectivity index (χ2v) is 6.51. The van der Waals surface area contributed by atoms with Crippen LogP contribution in [-0.2, 0) is 0 Å². The zero-order chi connectivity index (χ0) is 17.5. The van der Waals surface area contributed by atoms with E-state index in [2.05, 4.69) is 15.5 Å². The Bertz CT molecular complexity index is 769. The van der Waals surface area contributed by atoms with Crippen LogP contribution in [0.1, 0.15) is 60.3 Å². The van der Waals surface area contributed by atoms with Crippen LogP contribution >= 0.6 is 0 Å². The molecule has 0 radical (unpaired) electrons. The van der Waals surface area contributed by atoms with E-state index in [4.69, 9.17) is 10.3 Å². The Kier molecular flexibility index (Phi) is 4.25. The van der Waals surface area contributed by atoms with Gasteiger partial charge in [-0.15, -0.1) is 0 Å². The molecule has 2 heterocycles. The van der Waals surface area contributed by atoms with E-state index in [1.165, 1.54) is 0 Å². The van der Waals surface area contributed by atoms with Crippen LogP contribution in [0.5, 0.6) is 0 Å². The third kappa shape index (κ3) is 3.24. The highest BCUT2D eigenvalue weighted by Crippen LogP contribution is 2.41. The Hall–Kier alpha value is -2.09. The summed E-state index contributed by atoms with van der Waals surface area (Å²) in [7, 11) is 0. The van der Waals surface area contributed by atoms with Gasteiger partial charge in [0.2, 0.25) is 0 Å². The zero-order valence-corrected chi connectivity index (χ0v) is 13.6. The Morgan fingerprint density at radius 1 is 1.50 bits per heavy atom. The highest BCUT2D eigenvalue weighted by molar-refractivity contribution is 6.06. The van der Waals surface area contributed by atoms with E-state index in [-0.39, 0.29) is 17.2 Å². The number of alkyl halides is 2. The summed E-state index contributed by atoms with van der Waals surface area (Å²) >= 11 is 0. The van der Waals surface area contributed by atoms with Gasteiger partial charge in [-0.1, -0.05) is 19.0 Å². The number of carbonyl (C=O) groups excluding carboxylic acids is 1. The minimum absolute atomic E-state index is 0.0110. The molecule has 3 N–H and O–H groups in total. The van der Waals surface area contributed by atoms with Gasteiger partial charge in [0.25, 0.3) is 17.5 Å². The summed E-state index contributed by atoms with van der Waals surface area (Å²) in [6.45, 7) is 2.19. The van der Waals surface area contributed by atoms with E-state index in [0.717, 1.165) is 18.5 Å². The molecule has 1 aliphatic carbocycles. The molecule has 0 spiro atoms. The molecule has 130 valence electrons. The summed E-state index contributed by atoms with van der Waals surface area (Å²) in [5.74, 6) is -3.44. The van der Waals surface area contributed by atoms with Crippen molar-refractivity contribution in [2.45, 2.75) is 44.4 Å². The maximum atomic E-state index is 13.3. The molecule has 24 heavy (non-hydrogen) atoms. The Labute approximate surface area is 137 Å². The number of nitrogens with two attached hydrogens (primary N) is 1. The molecule has 2 aromatic heterocycles.